The highest BCUT2D eigenvalue weighted by Crippen LogP contribution is 2.29. The lowest BCUT2D eigenvalue weighted by molar-refractivity contribution is 0.234. The number of hydrogen-bond acceptors (Lipinski definition) is 3. The Hall–Kier alpha value is 0.0969. The van der Waals surface area contributed by atoms with Gasteiger partial charge in [0.2, 0.25) is 0 Å². The fourth-order valence-corrected chi connectivity index (χ4v) is 2.74. The third-order valence-electron chi connectivity index (χ3n) is 3.26. The molecule has 3 nitrogen and oxygen atoms in total. The van der Waals surface area contributed by atoms with Gasteiger partial charge in [-0.15, -0.1) is 0 Å². The summed E-state index contributed by atoms with van der Waals surface area (Å²) in [5, 5.41) is 10.3. The van der Waals surface area contributed by atoms with Crippen LogP contribution in [0.5, 0.6) is 0 Å². The van der Waals surface area contributed by atoms with Crippen LogP contribution in [0.25, 0.3) is 0 Å². The molecule has 1 aliphatic carbocycles. The van der Waals surface area contributed by atoms with E-state index < -0.39 is 0 Å². The smallest absolute Gasteiger partial charge is 0.0970 e. The molecule has 78 valence electrons. The van der Waals surface area contributed by atoms with Crippen molar-refractivity contribution >= 4 is 10.2 Å². The quantitative estimate of drug-likeness (QED) is 0.417. The maximum absolute atomic E-state index is 3.71. The zero-order chi connectivity index (χ0) is 9.95. The maximum Gasteiger partial charge on any atom is 0.0970 e. The predicted octanol–water partition coefficient (Wildman–Crippen LogP) is -0.676. The van der Waals surface area contributed by atoms with Crippen LogP contribution in [0.4, 0.5) is 0 Å². The van der Waals surface area contributed by atoms with Crippen molar-refractivity contribution in [1.29, 1.82) is 0 Å². The summed E-state index contributed by atoms with van der Waals surface area (Å²) in [6.07, 6.45) is 5.35. The van der Waals surface area contributed by atoms with E-state index in [1.54, 1.807) is 0 Å². The van der Waals surface area contributed by atoms with Gasteiger partial charge in [0.15, 0.2) is 0 Å². The Bertz CT molecular complexity index is 160. The number of hydrogen-bond donors (Lipinski definition) is 3. The maximum atomic E-state index is 3.71. The summed E-state index contributed by atoms with van der Waals surface area (Å²) in [4.78, 5) is 0. The van der Waals surface area contributed by atoms with Crippen LogP contribution < -0.4 is 16.0 Å². The standard InChI is InChI=1S/C9H23N3Si/c1-8(6-4-5-7-8)12-9(13,10-2)11-3/h10-12H,4-7H2,1-3,13H3. The normalized spacial score (nSPS) is 22.4. The summed E-state index contributed by atoms with van der Waals surface area (Å²) in [5.74, 6) is 0. The monoisotopic (exact) mass is 201 g/mol. The molecule has 13 heavy (non-hydrogen) atoms. The van der Waals surface area contributed by atoms with E-state index in [9.17, 15) is 0 Å². The third kappa shape index (κ3) is 2.77. The zero-order valence-corrected chi connectivity index (χ0v) is 11.3. The van der Waals surface area contributed by atoms with E-state index in [2.05, 4.69) is 22.9 Å². The first kappa shape index (κ1) is 11.2. The van der Waals surface area contributed by atoms with Gasteiger partial charge in [0.05, 0.1) is 15.7 Å². The van der Waals surface area contributed by atoms with Crippen LogP contribution in [-0.4, -0.2) is 35.3 Å². The van der Waals surface area contributed by atoms with E-state index >= 15 is 0 Å². The van der Waals surface area contributed by atoms with Gasteiger partial charge in [-0.1, -0.05) is 12.8 Å². The minimum atomic E-state index is -0.000903. The largest absolute Gasteiger partial charge is 0.294 e. The van der Waals surface area contributed by atoms with Crippen molar-refractivity contribution in [3.63, 3.8) is 0 Å². The highest BCUT2D eigenvalue weighted by atomic mass is 28.1. The molecule has 0 spiro atoms. The summed E-state index contributed by atoms with van der Waals surface area (Å²) in [5.41, 5.74) is 0.340. The molecule has 0 unspecified atom stereocenters. The molecule has 1 fully saturated rings. The summed E-state index contributed by atoms with van der Waals surface area (Å²) in [7, 11) is 5.07. The van der Waals surface area contributed by atoms with Gasteiger partial charge in [-0.05, 0) is 33.9 Å². The molecule has 1 aliphatic rings. The fraction of sp³-hybridized carbons (Fsp3) is 1.00. The Kier molecular flexibility index (Phi) is 3.51. The Morgan fingerprint density at radius 3 is 2.00 bits per heavy atom. The molecule has 0 radical (unpaired) electrons. The third-order valence-corrected chi connectivity index (χ3v) is 4.51. The highest BCUT2D eigenvalue weighted by molar-refractivity contribution is 6.14. The second-order valence-electron chi connectivity index (χ2n) is 4.52. The van der Waals surface area contributed by atoms with Gasteiger partial charge in [-0.2, -0.15) is 0 Å². The van der Waals surface area contributed by atoms with Gasteiger partial charge >= 0.3 is 0 Å². The van der Waals surface area contributed by atoms with E-state index in [4.69, 9.17) is 0 Å². The Morgan fingerprint density at radius 1 is 1.15 bits per heavy atom. The molecule has 0 atom stereocenters. The average Bonchev–Trinajstić information content (AvgIpc) is 2.51. The first-order valence-corrected chi connectivity index (χ1v) is 6.21. The molecule has 1 saturated carbocycles. The molecule has 0 bridgehead atoms. The molecule has 0 saturated heterocycles. The van der Waals surface area contributed by atoms with Crippen molar-refractivity contribution in [2.45, 2.75) is 43.6 Å². The topological polar surface area (TPSA) is 36.1 Å². The molecule has 4 heteroatoms. The summed E-state index contributed by atoms with van der Waals surface area (Å²) in [6, 6.07) is 0. The number of rotatable bonds is 4. The summed E-state index contributed by atoms with van der Waals surface area (Å²) < 4.78 is 0. The first-order valence-electron chi connectivity index (χ1n) is 5.21. The van der Waals surface area contributed by atoms with E-state index in [1.165, 1.54) is 25.7 Å². The van der Waals surface area contributed by atoms with Crippen LogP contribution in [0.2, 0.25) is 0 Å². The molecule has 0 heterocycles. The average molecular weight is 201 g/mol. The lowest BCUT2D eigenvalue weighted by Crippen LogP contribution is -2.69. The van der Waals surface area contributed by atoms with Gasteiger partial charge in [0.25, 0.3) is 0 Å². The van der Waals surface area contributed by atoms with Gasteiger partial charge < -0.3 is 0 Å². The van der Waals surface area contributed by atoms with Crippen LogP contribution in [0.15, 0.2) is 0 Å². The van der Waals surface area contributed by atoms with Gasteiger partial charge in [-0.3, -0.25) is 16.0 Å². The second-order valence-corrected chi connectivity index (χ2v) is 6.02. The fourth-order valence-electron chi connectivity index (χ4n) is 2.13. The van der Waals surface area contributed by atoms with Crippen LogP contribution in [0.1, 0.15) is 32.6 Å². The van der Waals surface area contributed by atoms with Gasteiger partial charge in [0, 0.05) is 5.54 Å². The van der Waals surface area contributed by atoms with E-state index in [0.717, 1.165) is 10.2 Å². The molecule has 0 amide bonds. The van der Waals surface area contributed by atoms with Crippen LogP contribution in [0.3, 0.4) is 0 Å². The molecule has 0 aromatic heterocycles. The van der Waals surface area contributed by atoms with Crippen molar-refractivity contribution in [1.82, 2.24) is 16.0 Å². The van der Waals surface area contributed by atoms with Crippen molar-refractivity contribution in [2.24, 2.45) is 0 Å². The lowest BCUT2D eigenvalue weighted by Gasteiger charge is -2.39. The Labute approximate surface area is 84.5 Å². The van der Waals surface area contributed by atoms with Crippen molar-refractivity contribution in [3.8, 4) is 0 Å². The number of nitrogens with one attached hydrogen (secondary N) is 3. The zero-order valence-electron chi connectivity index (χ0n) is 9.33. The molecular weight excluding hydrogens is 178 g/mol. The van der Waals surface area contributed by atoms with E-state index in [-0.39, 0.29) is 5.41 Å². The minimum Gasteiger partial charge on any atom is -0.294 e. The summed E-state index contributed by atoms with van der Waals surface area (Å²) >= 11 is 0. The Balaban J connectivity index is 2.54. The highest BCUT2D eigenvalue weighted by Gasteiger charge is 2.34. The molecule has 0 aliphatic heterocycles. The minimum absolute atomic E-state index is 0.000903. The van der Waals surface area contributed by atoms with Crippen LogP contribution in [0, 0.1) is 0 Å². The van der Waals surface area contributed by atoms with Crippen molar-refractivity contribution in [3.05, 3.63) is 0 Å². The molecule has 3 N–H and O–H groups in total. The molecule has 0 aromatic rings. The first-order chi connectivity index (χ1) is 6.04. The summed E-state index contributed by atoms with van der Waals surface area (Å²) in [6.45, 7) is 2.33. The SMILES string of the molecule is CNC([SiH3])(NC)NC1(C)CCCC1. The van der Waals surface area contributed by atoms with Crippen LogP contribution >= 0.6 is 0 Å². The molecule has 0 aromatic carbocycles. The molecular formula is C9H23N3Si. The van der Waals surface area contributed by atoms with Gasteiger partial charge in [-0.25, -0.2) is 0 Å². The van der Waals surface area contributed by atoms with E-state index in [1.807, 2.05) is 14.1 Å². The van der Waals surface area contributed by atoms with Crippen molar-refractivity contribution in [2.75, 3.05) is 14.1 Å². The Morgan fingerprint density at radius 2 is 1.62 bits per heavy atom. The second kappa shape index (κ2) is 4.08. The van der Waals surface area contributed by atoms with E-state index in [0.29, 0.717) is 5.54 Å². The van der Waals surface area contributed by atoms with Gasteiger partial charge in [0.1, 0.15) is 0 Å². The van der Waals surface area contributed by atoms with Crippen LogP contribution in [-0.2, 0) is 0 Å². The molecule has 1 rings (SSSR count). The van der Waals surface area contributed by atoms with Crippen molar-refractivity contribution < 1.29 is 0 Å². The lowest BCUT2D eigenvalue weighted by atomic mass is 10.0. The predicted molar refractivity (Wildman–Crippen MR) is 60.8 cm³/mol.